The third-order valence-corrected chi connectivity index (χ3v) is 7.33. The molecule has 2 aromatic rings. The summed E-state index contributed by atoms with van der Waals surface area (Å²) in [6, 6.07) is 15.1. The Kier molecular flexibility index (Phi) is 12.0. The van der Waals surface area contributed by atoms with Crippen LogP contribution in [0.25, 0.3) is 41.8 Å². The molecule has 4 unspecified atom stereocenters. The lowest BCUT2D eigenvalue weighted by Crippen LogP contribution is -2.63. The van der Waals surface area contributed by atoms with Gasteiger partial charge in [-0.2, -0.15) is 0 Å². The molecule has 0 amide bonds. The molecule has 10 atom stereocenters. The number of hydrogen-bond acceptors (Lipinski definition) is 10. The Morgan fingerprint density at radius 1 is 0.705 bits per heavy atom. The van der Waals surface area contributed by atoms with Crippen LogP contribution in [0.4, 0.5) is 0 Å². The molecule has 44 heavy (non-hydrogen) atoms. The van der Waals surface area contributed by atoms with E-state index >= 15 is 0 Å². The van der Waals surface area contributed by atoms with Crippen LogP contribution in [0.1, 0.15) is 17.5 Å². The van der Waals surface area contributed by atoms with Crippen molar-refractivity contribution < 1.29 is 29.2 Å². The molecule has 1 saturated heterocycles. The summed E-state index contributed by atoms with van der Waals surface area (Å²) in [6.07, 6.45) is -9.13. The summed E-state index contributed by atoms with van der Waals surface area (Å²) < 4.78 is 24.8. The van der Waals surface area contributed by atoms with Crippen molar-refractivity contribution in [3.8, 4) is 0 Å². The highest BCUT2D eigenvalue weighted by Gasteiger charge is 2.51. The van der Waals surface area contributed by atoms with Crippen LogP contribution in [0, 0.1) is 0 Å². The Morgan fingerprint density at radius 2 is 1.27 bits per heavy atom. The lowest BCUT2D eigenvalue weighted by molar-refractivity contribution is -0.300. The zero-order chi connectivity index (χ0) is 31.3. The number of rotatable bonds is 13. The average Bonchev–Trinajstić information content (AvgIpc) is 3.04. The molecule has 1 heterocycles. The van der Waals surface area contributed by atoms with Gasteiger partial charge < -0.3 is 29.2 Å². The van der Waals surface area contributed by atoms with E-state index in [2.05, 4.69) is 40.1 Å². The van der Waals surface area contributed by atoms with Crippen molar-refractivity contribution in [3.05, 3.63) is 114 Å². The predicted octanol–water partition coefficient (Wildman–Crippen LogP) is 4.74. The molecule has 2 aromatic carbocycles. The van der Waals surface area contributed by atoms with Gasteiger partial charge in [-0.15, -0.1) is 0 Å². The van der Waals surface area contributed by atoms with E-state index in [1.807, 2.05) is 60.7 Å². The van der Waals surface area contributed by atoms with Crippen LogP contribution < -0.4 is 0 Å². The molecule has 1 aliphatic carbocycles. The fraction of sp³-hybridized carbons (Fsp3) is 0.538. The van der Waals surface area contributed by atoms with E-state index in [1.165, 1.54) is 0 Å². The van der Waals surface area contributed by atoms with Crippen LogP contribution in [0.15, 0.2) is 81.1 Å². The van der Waals surface area contributed by atoms with Crippen molar-refractivity contribution in [2.45, 2.75) is 80.7 Å². The molecule has 2 N–H and O–H groups in total. The minimum absolute atomic E-state index is 0.0784. The van der Waals surface area contributed by atoms with E-state index in [1.54, 1.807) is 0 Å². The van der Waals surface area contributed by atoms with Gasteiger partial charge >= 0.3 is 0 Å². The van der Waals surface area contributed by atoms with Gasteiger partial charge in [-0.1, -0.05) is 81.1 Å². The Hall–Kier alpha value is -4.56. The molecule has 0 spiro atoms. The van der Waals surface area contributed by atoms with Crippen LogP contribution in [0.5, 0.6) is 0 Å². The predicted molar refractivity (Wildman–Crippen MR) is 153 cm³/mol. The number of benzene rings is 2. The normalized spacial score (nSPS) is 31.3. The maximum absolute atomic E-state index is 10.9. The van der Waals surface area contributed by atoms with Crippen molar-refractivity contribution >= 4 is 0 Å². The second-order valence-electron chi connectivity index (χ2n) is 10.0. The van der Waals surface area contributed by atoms with Gasteiger partial charge in [0, 0.05) is 19.6 Å². The van der Waals surface area contributed by atoms with Crippen molar-refractivity contribution in [2.24, 2.45) is 20.5 Å². The van der Waals surface area contributed by atoms with Crippen molar-refractivity contribution in [1.29, 1.82) is 0 Å². The fourth-order valence-corrected chi connectivity index (χ4v) is 5.23. The van der Waals surface area contributed by atoms with Gasteiger partial charge in [0.2, 0.25) is 0 Å². The summed E-state index contributed by atoms with van der Waals surface area (Å²) in [4.78, 5) is 11.3. The van der Waals surface area contributed by atoms with Crippen LogP contribution >= 0.6 is 0 Å². The number of aliphatic hydroxyl groups is 2. The molecule has 2 aliphatic rings. The SMILES string of the molecule is [N-]=[N+]=NCC1O[C@H](O[C@@H]2C(N=[N+]=[N-])C[C@@H](N=[N+]=[N-])C(O)[C@H]2O)C(N=[N+]=[N-])[C@@H](OCc2ccccc2)[C@@H]1OCc1ccccc1. The topological polar surface area (TPSA) is 272 Å². The maximum Gasteiger partial charge on any atom is 0.169 e. The standard InChI is InChI=1S/C26H30N12O6/c27-35-31-12-19-24(41-13-15-7-3-1-4-8-15)25(42-14-16-9-5-2-6-10-16)20(34-38-30)26(43-19)44-23-18(33-37-29)11-17(32-36-28)21(39)22(23)40/h1-10,17-26,39-40H,11-14H2/t17-,18?,19?,20?,21?,22-,23-,24-,25-,26-/m1/s1. The molecule has 1 saturated carbocycles. The van der Waals surface area contributed by atoms with Gasteiger partial charge in [0.05, 0.1) is 50.2 Å². The first-order chi connectivity index (χ1) is 21.5. The monoisotopic (exact) mass is 606 g/mol. The van der Waals surface area contributed by atoms with Gasteiger partial charge in [0.1, 0.15) is 24.4 Å². The number of hydrogen-bond donors (Lipinski definition) is 2. The van der Waals surface area contributed by atoms with E-state index in [0.29, 0.717) is 0 Å². The largest absolute Gasteiger partial charge is 0.390 e. The van der Waals surface area contributed by atoms with E-state index in [9.17, 15) is 15.7 Å². The number of nitrogens with zero attached hydrogens (tertiary/aromatic N) is 12. The minimum atomic E-state index is -1.68. The van der Waals surface area contributed by atoms with Crippen molar-refractivity contribution in [2.75, 3.05) is 6.54 Å². The molecule has 18 heteroatoms. The highest BCUT2D eigenvalue weighted by molar-refractivity contribution is 5.15. The summed E-state index contributed by atoms with van der Waals surface area (Å²) in [5.41, 5.74) is 38.3. The van der Waals surface area contributed by atoms with E-state index in [4.69, 9.17) is 35.5 Å². The molecular formula is C26H30N12O6. The summed E-state index contributed by atoms with van der Waals surface area (Å²) in [6.45, 7) is -0.0255. The van der Waals surface area contributed by atoms with Crippen molar-refractivity contribution in [3.63, 3.8) is 0 Å². The minimum Gasteiger partial charge on any atom is -0.390 e. The van der Waals surface area contributed by atoms with Crippen LogP contribution in [-0.2, 0) is 32.2 Å². The Balaban J connectivity index is 1.69. The Bertz CT molecular complexity index is 1410. The molecule has 2 fully saturated rings. The quantitative estimate of drug-likeness (QED) is 0.184. The van der Waals surface area contributed by atoms with E-state index < -0.39 is 61.0 Å². The van der Waals surface area contributed by atoms with Gasteiger partial charge in [-0.05, 0) is 39.7 Å². The van der Waals surface area contributed by atoms with Crippen LogP contribution in [0.3, 0.4) is 0 Å². The van der Waals surface area contributed by atoms with Gasteiger partial charge in [-0.3, -0.25) is 0 Å². The third kappa shape index (κ3) is 8.08. The Morgan fingerprint density at radius 3 is 1.84 bits per heavy atom. The number of azide groups is 4. The summed E-state index contributed by atoms with van der Waals surface area (Å²) in [5.74, 6) is 0. The zero-order valence-corrected chi connectivity index (χ0v) is 23.3. The van der Waals surface area contributed by atoms with Crippen LogP contribution in [0.2, 0.25) is 0 Å². The molecule has 0 bridgehead atoms. The van der Waals surface area contributed by atoms with Crippen molar-refractivity contribution in [1.82, 2.24) is 0 Å². The zero-order valence-electron chi connectivity index (χ0n) is 23.3. The summed E-state index contributed by atoms with van der Waals surface area (Å²) >= 11 is 0. The third-order valence-electron chi connectivity index (χ3n) is 7.33. The first kappa shape index (κ1) is 32.4. The second kappa shape index (κ2) is 16.3. The highest BCUT2D eigenvalue weighted by atomic mass is 16.7. The second-order valence-corrected chi connectivity index (χ2v) is 10.0. The highest BCUT2D eigenvalue weighted by Crippen LogP contribution is 2.35. The molecule has 0 aromatic heterocycles. The molecule has 4 rings (SSSR count). The Labute approximate surface area is 250 Å². The molecule has 0 radical (unpaired) electrons. The lowest BCUT2D eigenvalue weighted by Gasteiger charge is -2.47. The summed E-state index contributed by atoms with van der Waals surface area (Å²) in [7, 11) is 0. The lowest BCUT2D eigenvalue weighted by atomic mass is 9.84. The molecule has 1 aliphatic heterocycles. The van der Waals surface area contributed by atoms with Crippen LogP contribution in [-0.4, -0.2) is 77.8 Å². The molecule has 18 nitrogen and oxygen atoms in total. The molecular weight excluding hydrogens is 576 g/mol. The number of ether oxygens (including phenoxy) is 4. The van der Waals surface area contributed by atoms with Gasteiger partial charge in [-0.25, -0.2) is 0 Å². The smallest absolute Gasteiger partial charge is 0.169 e. The van der Waals surface area contributed by atoms with Gasteiger partial charge in [0.25, 0.3) is 0 Å². The average molecular weight is 607 g/mol. The first-order valence-corrected chi connectivity index (χ1v) is 13.6. The fourth-order valence-electron chi connectivity index (χ4n) is 5.23. The number of aliphatic hydroxyl groups excluding tert-OH is 2. The van der Waals surface area contributed by atoms with E-state index in [-0.39, 0.29) is 26.2 Å². The summed E-state index contributed by atoms with van der Waals surface area (Å²) in [5, 5.41) is 36.3. The first-order valence-electron chi connectivity index (χ1n) is 13.6. The maximum atomic E-state index is 10.9. The molecule has 230 valence electrons. The van der Waals surface area contributed by atoms with E-state index in [0.717, 1.165) is 11.1 Å². The van der Waals surface area contributed by atoms with Gasteiger partial charge in [0.15, 0.2) is 6.29 Å².